The number of amides is 1. The van der Waals surface area contributed by atoms with Crippen LogP contribution >= 0.6 is 0 Å². The predicted octanol–water partition coefficient (Wildman–Crippen LogP) is -0.158. The maximum Gasteiger partial charge on any atom is 0.246 e. The molecule has 0 aromatic rings. The van der Waals surface area contributed by atoms with Crippen LogP contribution in [0.1, 0.15) is 20.3 Å². The highest BCUT2D eigenvalue weighted by Gasteiger charge is 2.21. The molecule has 0 rings (SSSR count). The number of carbonyl (C=O) groups excluding carboxylic acids is 1. The molecule has 5 heteroatoms. The summed E-state index contributed by atoms with van der Waals surface area (Å²) in [6.07, 6.45) is 0.894. The van der Waals surface area contributed by atoms with E-state index in [0.29, 0.717) is 13.2 Å². The predicted molar refractivity (Wildman–Crippen MR) is 63.3 cm³/mol. The third-order valence-corrected chi connectivity index (χ3v) is 1.90. The molecule has 0 spiro atoms. The van der Waals surface area contributed by atoms with E-state index in [2.05, 4.69) is 5.32 Å². The fraction of sp³-hybridized carbons (Fsp3) is 0.909. The second-order valence-corrected chi connectivity index (χ2v) is 4.56. The maximum atomic E-state index is 11.3. The highest BCUT2D eigenvalue weighted by Crippen LogP contribution is 2.02. The molecule has 0 fully saturated rings. The summed E-state index contributed by atoms with van der Waals surface area (Å²) in [7, 11) is 3.75. The lowest BCUT2D eigenvalue weighted by Gasteiger charge is -2.27. The Balaban J connectivity index is 3.72. The van der Waals surface area contributed by atoms with E-state index in [9.17, 15) is 9.90 Å². The number of nitrogens with one attached hydrogen (secondary N) is 1. The van der Waals surface area contributed by atoms with Gasteiger partial charge in [0, 0.05) is 19.7 Å². The molecule has 0 radical (unpaired) electrons. The van der Waals surface area contributed by atoms with E-state index >= 15 is 0 Å². The van der Waals surface area contributed by atoms with Gasteiger partial charge in [0.05, 0.1) is 5.60 Å². The number of hydrogen-bond donors (Lipinski definition) is 2. The first-order valence-electron chi connectivity index (χ1n) is 5.59. The van der Waals surface area contributed by atoms with Gasteiger partial charge in [0.1, 0.15) is 6.61 Å². The molecule has 0 aromatic heterocycles. The number of ether oxygens (including phenoxy) is 1. The van der Waals surface area contributed by atoms with Crippen molar-refractivity contribution in [1.82, 2.24) is 10.2 Å². The molecule has 0 saturated carbocycles. The van der Waals surface area contributed by atoms with Crippen molar-refractivity contribution in [2.75, 3.05) is 40.4 Å². The zero-order valence-electron chi connectivity index (χ0n) is 10.7. The van der Waals surface area contributed by atoms with E-state index in [1.54, 1.807) is 6.92 Å². The van der Waals surface area contributed by atoms with Crippen LogP contribution in [0.2, 0.25) is 0 Å². The van der Waals surface area contributed by atoms with Gasteiger partial charge in [-0.15, -0.1) is 0 Å². The number of carbonyl (C=O) groups is 1. The number of rotatable bonds is 8. The zero-order valence-corrected chi connectivity index (χ0v) is 10.7. The Morgan fingerprint density at radius 3 is 2.62 bits per heavy atom. The molecule has 1 amide bonds. The topological polar surface area (TPSA) is 61.8 Å². The monoisotopic (exact) mass is 232 g/mol. The van der Waals surface area contributed by atoms with E-state index in [1.165, 1.54) is 0 Å². The zero-order chi connectivity index (χ0) is 12.6. The van der Waals surface area contributed by atoms with Crippen LogP contribution in [0.25, 0.3) is 0 Å². The minimum Gasteiger partial charge on any atom is -0.387 e. The Bertz CT molecular complexity index is 205. The van der Waals surface area contributed by atoms with Crippen molar-refractivity contribution in [2.45, 2.75) is 25.9 Å². The fourth-order valence-corrected chi connectivity index (χ4v) is 1.39. The van der Waals surface area contributed by atoms with Gasteiger partial charge in [-0.05, 0) is 27.4 Å². The molecular weight excluding hydrogens is 208 g/mol. The summed E-state index contributed by atoms with van der Waals surface area (Å²) in [6, 6.07) is 0. The van der Waals surface area contributed by atoms with Gasteiger partial charge in [-0.1, -0.05) is 6.92 Å². The van der Waals surface area contributed by atoms with Crippen LogP contribution in [0.5, 0.6) is 0 Å². The van der Waals surface area contributed by atoms with Crippen LogP contribution in [0.15, 0.2) is 0 Å². The Labute approximate surface area is 97.8 Å². The molecule has 0 aromatic carbocycles. The van der Waals surface area contributed by atoms with Crippen molar-refractivity contribution in [3.05, 3.63) is 0 Å². The Kier molecular flexibility index (Phi) is 7.29. The summed E-state index contributed by atoms with van der Waals surface area (Å²) >= 11 is 0. The van der Waals surface area contributed by atoms with E-state index in [4.69, 9.17) is 4.74 Å². The molecule has 1 unspecified atom stereocenters. The fourth-order valence-electron chi connectivity index (χ4n) is 1.39. The Morgan fingerprint density at radius 2 is 2.12 bits per heavy atom. The first-order chi connectivity index (χ1) is 7.37. The summed E-state index contributed by atoms with van der Waals surface area (Å²) in [5, 5.41) is 12.6. The molecule has 0 aliphatic heterocycles. The number of hydrogen-bond acceptors (Lipinski definition) is 4. The highest BCUT2D eigenvalue weighted by molar-refractivity contribution is 5.77. The third kappa shape index (κ3) is 8.64. The molecule has 2 N–H and O–H groups in total. The molecule has 0 aliphatic rings. The van der Waals surface area contributed by atoms with Gasteiger partial charge >= 0.3 is 0 Å². The number of nitrogens with zero attached hydrogens (tertiary/aromatic N) is 1. The quantitative estimate of drug-likeness (QED) is 0.571. The van der Waals surface area contributed by atoms with Crippen LogP contribution in [-0.2, 0) is 9.53 Å². The number of likely N-dealkylation sites (N-methyl/N-ethyl adjacent to an activating group) is 1. The molecular formula is C11H24N2O3. The van der Waals surface area contributed by atoms with Gasteiger partial charge in [-0.2, -0.15) is 0 Å². The molecule has 5 nitrogen and oxygen atoms in total. The standard InChI is InChI=1S/C11H24N2O3/c1-5-6-16-7-10(14)12-8-11(2,15)9-13(3)4/h15H,5-9H2,1-4H3,(H,12,14). The van der Waals surface area contributed by atoms with Crippen molar-refractivity contribution in [2.24, 2.45) is 0 Å². The first-order valence-corrected chi connectivity index (χ1v) is 5.59. The Hall–Kier alpha value is -0.650. The summed E-state index contributed by atoms with van der Waals surface area (Å²) in [5.41, 5.74) is -0.913. The largest absolute Gasteiger partial charge is 0.387 e. The SMILES string of the molecule is CCCOCC(=O)NCC(C)(O)CN(C)C. The lowest BCUT2D eigenvalue weighted by molar-refractivity contribution is -0.126. The molecule has 0 heterocycles. The smallest absolute Gasteiger partial charge is 0.246 e. The Morgan fingerprint density at radius 1 is 1.50 bits per heavy atom. The van der Waals surface area contributed by atoms with Gasteiger partial charge in [-0.3, -0.25) is 4.79 Å². The molecule has 0 bridgehead atoms. The van der Waals surface area contributed by atoms with Crippen molar-refractivity contribution in [3.63, 3.8) is 0 Å². The van der Waals surface area contributed by atoms with E-state index in [0.717, 1.165) is 6.42 Å². The minimum atomic E-state index is -0.913. The van der Waals surface area contributed by atoms with Gasteiger partial charge < -0.3 is 20.1 Å². The van der Waals surface area contributed by atoms with Crippen LogP contribution in [-0.4, -0.2) is 61.9 Å². The molecule has 1 atom stereocenters. The summed E-state index contributed by atoms with van der Waals surface area (Å²) in [6.45, 7) is 5.07. The van der Waals surface area contributed by atoms with Crippen LogP contribution in [0.4, 0.5) is 0 Å². The van der Waals surface area contributed by atoms with E-state index in [-0.39, 0.29) is 19.1 Å². The summed E-state index contributed by atoms with van der Waals surface area (Å²) < 4.78 is 5.09. The second kappa shape index (κ2) is 7.60. The van der Waals surface area contributed by atoms with Crippen molar-refractivity contribution < 1.29 is 14.6 Å². The van der Waals surface area contributed by atoms with E-state index in [1.807, 2.05) is 25.9 Å². The van der Waals surface area contributed by atoms with Crippen LogP contribution < -0.4 is 5.32 Å². The summed E-state index contributed by atoms with van der Waals surface area (Å²) in [4.78, 5) is 13.2. The second-order valence-electron chi connectivity index (χ2n) is 4.56. The van der Waals surface area contributed by atoms with Gasteiger partial charge in [0.15, 0.2) is 0 Å². The normalized spacial score (nSPS) is 14.9. The minimum absolute atomic E-state index is 0.0614. The van der Waals surface area contributed by atoms with Crippen molar-refractivity contribution in [1.29, 1.82) is 0 Å². The lowest BCUT2D eigenvalue weighted by atomic mass is 10.1. The van der Waals surface area contributed by atoms with Crippen molar-refractivity contribution >= 4 is 5.91 Å². The van der Waals surface area contributed by atoms with Gasteiger partial charge in [0.2, 0.25) is 5.91 Å². The van der Waals surface area contributed by atoms with Crippen molar-refractivity contribution in [3.8, 4) is 0 Å². The molecule has 0 saturated heterocycles. The highest BCUT2D eigenvalue weighted by atomic mass is 16.5. The third-order valence-electron chi connectivity index (χ3n) is 1.90. The summed E-state index contributed by atoms with van der Waals surface area (Å²) in [5.74, 6) is -0.188. The van der Waals surface area contributed by atoms with Gasteiger partial charge in [-0.25, -0.2) is 0 Å². The average Bonchev–Trinajstić information content (AvgIpc) is 2.13. The lowest BCUT2D eigenvalue weighted by Crippen LogP contribution is -2.47. The van der Waals surface area contributed by atoms with Crippen LogP contribution in [0, 0.1) is 0 Å². The maximum absolute atomic E-state index is 11.3. The molecule has 0 aliphatic carbocycles. The van der Waals surface area contributed by atoms with Gasteiger partial charge in [0.25, 0.3) is 0 Å². The van der Waals surface area contributed by atoms with E-state index < -0.39 is 5.60 Å². The first kappa shape index (κ1) is 15.3. The number of aliphatic hydroxyl groups is 1. The average molecular weight is 232 g/mol. The van der Waals surface area contributed by atoms with Crippen LogP contribution in [0.3, 0.4) is 0 Å². The molecule has 16 heavy (non-hydrogen) atoms. The molecule has 96 valence electrons.